The molecule has 0 fully saturated rings. The van der Waals surface area contributed by atoms with E-state index in [1.165, 1.54) is 55.3 Å². The van der Waals surface area contributed by atoms with Crippen LogP contribution in [0.4, 0.5) is 0 Å². The minimum absolute atomic E-state index is 0.0926. The fourth-order valence-electron chi connectivity index (χ4n) is 5.69. The SMILES string of the molecule is CC1(C)c2cc3c(cc2-c2ccc4c(oc5ccccc54)c21)Cc1ccccc1-3. The zero-order chi connectivity index (χ0) is 19.3. The molecule has 0 amide bonds. The first-order chi connectivity index (χ1) is 14.1. The van der Waals surface area contributed by atoms with Crippen molar-refractivity contribution in [1.29, 1.82) is 0 Å². The molecule has 0 unspecified atom stereocenters. The molecule has 7 rings (SSSR count). The fraction of sp³-hybridized carbons (Fsp3) is 0.143. The predicted molar refractivity (Wildman–Crippen MR) is 120 cm³/mol. The van der Waals surface area contributed by atoms with Gasteiger partial charge in [0.1, 0.15) is 11.2 Å². The van der Waals surface area contributed by atoms with Crippen LogP contribution in [-0.2, 0) is 11.8 Å². The van der Waals surface area contributed by atoms with E-state index in [9.17, 15) is 0 Å². The van der Waals surface area contributed by atoms with Crippen LogP contribution >= 0.6 is 0 Å². The van der Waals surface area contributed by atoms with E-state index in [4.69, 9.17) is 4.42 Å². The fourth-order valence-corrected chi connectivity index (χ4v) is 5.69. The monoisotopic (exact) mass is 372 g/mol. The molecule has 1 heteroatoms. The van der Waals surface area contributed by atoms with Crippen molar-refractivity contribution in [2.75, 3.05) is 0 Å². The molecule has 5 aromatic rings. The summed E-state index contributed by atoms with van der Waals surface area (Å²) in [4.78, 5) is 0. The molecule has 138 valence electrons. The Balaban J connectivity index is 1.55. The molecule has 0 spiro atoms. The predicted octanol–water partition coefficient (Wildman–Crippen LogP) is 7.46. The van der Waals surface area contributed by atoms with Crippen molar-refractivity contribution >= 4 is 21.9 Å². The van der Waals surface area contributed by atoms with Gasteiger partial charge in [-0.25, -0.2) is 0 Å². The van der Waals surface area contributed by atoms with Gasteiger partial charge in [-0.2, -0.15) is 0 Å². The van der Waals surface area contributed by atoms with Crippen LogP contribution < -0.4 is 0 Å². The van der Waals surface area contributed by atoms with Gasteiger partial charge in [0.2, 0.25) is 0 Å². The van der Waals surface area contributed by atoms with Crippen molar-refractivity contribution in [2.24, 2.45) is 0 Å². The quantitative estimate of drug-likeness (QED) is 0.270. The minimum Gasteiger partial charge on any atom is -0.456 e. The summed E-state index contributed by atoms with van der Waals surface area (Å²) in [6.07, 6.45) is 1.03. The van der Waals surface area contributed by atoms with Gasteiger partial charge in [-0.3, -0.25) is 0 Å². The van der Waals surface area contributed by atoms with Crippen molar-refractivity contribution < 1.29 is 4.42 Å². The number of para-hydroxylation sites is 1. The third kappa shape index (κ3) is 1.81. The topological polar surface area (TPSA) is 13.1 Å². The van der Waals surface area contributed by atoms with Gasteiger partial charge in [-0.05, 0) is 69.6 Å². The van der Waals surface area contributed by atoms with Crippen LogP contribution in [0, 0.1) is 0 Å². The van der Waals surface area contributed by atoms with Crippen LogP contribution in [-0.4, -0.2) is 0 Å². The largest absolute Gasteiger partial charge is 0.456 e. The molecule has 2 aliphatic carbocycles. The van der Waals surface area contributed by atoms with Gasteiger partial charge in [0.25, 0.3) is 0 Å². The molecule has 0 atom stereocenters. The zero-order valence-corrected chi connectivity index (χ0v) is 16.5. The third-order valence-electron chi connectivity index (χ3n) is 7.07. The van der Waals surface area contributed by atoms with E-state index in [0.717, 1.165) is 17.6 Å². The Kier molecular flexibility index (Phi) is 2.68. The molecule has 0 radical (unpaired) electrons. The maximum Gasteiger partial charge on any atom is 0.140 e. The van der Waals surface area contributed by atoms with Gasteiger partial charge in [-0.15, -0.1) is 0 Å². The Hall–Kier alpha value is -3.32. The molecule has 0 bridgehead atoms. The van der Waals surface area contributed by atoms with Gasteiger partial charge >= 0.3 is 0 Å². The summed E-state index contributed by atoms with van der Waals surface area (Å²) in [6, 6.07) is 26.6. The molecule has 1 heterocycles. The Bertz CT molecular complexity index is 1500. The van der Waals surface area contributed by atoms with Crippen LogP contribution in [0.2, 0.25) is 0 Å². The van der Waals surface area contributed by atoms with Crippen molar-refractivity contribution in [3.63, 3.8) is 0 Å². The van der Waals surface area contributed by atoms with Crippen molar-refractivity contribution in [1.82, 2.24) is 0 Å². The van der Waals surface area contributed by atoms with Gasteiger partial charge in [-0.1, -0.05) is 62.4 Å². The van der Waals surface area contributed by atoms with Crippen molar-refractivity contribution in [3.8, 4) is 22.3 Å². The highest BCUT2D eigenvalue weighted by Crippen LogP contribution is 2.54. The highest BCUT2D eigenvalue weighted by atomic mass is 16.3. The van der Waals surface area contributed by atoms with Gasteiger partial charge < -0.3 is 4.42 Å². The Morgan fingerprint density at radius 1 is 0.690 bits per heavy atom. The van der Waals surface area contributed by atoms with Crippen molar-refractivity contribution in [2.45, 2.75) is 25.7 Å². The summed E-state index contributed by atoms with van der Waals surface area (Å²) in [5.74, 6) is 0. The lowest BCUT2D eigenvalue weighted by molar-refractivity contribution is 0.620. The molecule has 4 aromatic carbocycles. The summed E-state index contributed by atoms with van der Waals surface area (Å²) < 4.78 is 6.42. The number of hydrogen-bond donors (Lipinski definition) is 0. The highest BCUT2D eigenvalue weighted by Gasteiger charge is 2.39. The second-order valence-electron chi connectivity index (χ2n) is 8.98. The first-order valence-corrected chi connectivity index (χ1v) is 10.3. The lowest BCUT2D eigenvalue weighted by atomic mass is 9.81. The number of benzene rings is 4. The average molecular weight is 372 g/mol. The Labute approximate surface area is 169 Å². The molecule has 0 N–H and O–H groups in total. The molecule has 29 heavy (non-hydrogen) atoms. The summed E-state index contributed by atoms with van der Waals surface area (Å²) in [5, 5.41) is 2.42. The Morgan fingerprint density at radius 2 is 1.52 bits per heavy atom. The molecule has 2 aliphatic rings. The standard InChI is InChI=1S/C28H20O/c1-28(2)24-15-22-17(13-16-7-3-4-8-18(16)22)14-23(24)20-11-12-21-19-9-5-6-10-25(19)29-27(21)26(20)28/h3-12,14-15H,13H2,1-2H3. The van der Waals surface area contributed by atoms with Crippen LogP contribution in [0.3, 0.4) is 0 Å². The highest BCUT2D eigenvalue weighted by molar-refractivity contribution is 6.09. The summed E-state index contributed by atoms with van der Waals surface area (Å²) in [7, 11) is 0. The molecule has 0 saturated heterocycles. The maximum absolute atomic E-state index is 6.42. The van der Waals surface area contributed by atoms with Gasteiger partial charge in [0.15, 0.2) is 0 Å². The molecule has 1 nitrogen and oxygen atoms in total. The molecular weight excluding hydrogens is 352 g/mol. The van der Waals surface area contributed by atoms with E-state index in [2.05, 4.69) is 80.6 Å². The van der Waals surface area contributed by atoms with E-state index in [1.54, 1.807) is 0 Å². The minimum atomic E-state index is -0.0926. The van der Waals surface area contributed by atoms with E-state index in [1.807, 2.05) is 6.07 Å². The summed E-state index contributed by atoms with van der Waals surface area (Å²) in [5.41, 5.74) is 13.1. The number of hydrogen-bond acceptors (Lipinski definition) is 1. The van der Waals surface area contributed by atoms with E-state index in [-0.39, 0.29) is 5.41 Å². The molecule has 1 aromatic heterocycles. The second kappa shape index (κ2) is 4.99. The van der Waals surface area contributed by atoms with Gasteiger partial charge in [0, 0.05) is 21.8 Å². The first-order valence-electron chi connectivity index (χ1n) is 10.3. The molecule has 0 saturated carbocycles. The average Bonchev–Trinajstić information content (AvgIpc) is 3.35. The summed E-state index contributed by atoms with van der Waals surface area (Å²) >= 11 is 0. The number of furan rings is 1. The third-order valence-corrected chi connectivity index (χ3v) is 7.07. The molecule has 0 aliphatic heterocycles. The lowest BCUT2D eigenvalue weighted by Gasteiger charge is -2.22. The van der Waals surface area contributed by atoms with E-state index in [0.29, 0.717) is 0 Å². The normalized spacial score (nSPS) is 15.4. The first kappa shape index (κ1) is 15.6. The second-order valence-corrected chi connectivity index (χ2v) is 8.98. The smallest absolute Gasteiger partial charge is 0.140 e. The zero-order valence-electron chi connectivity index (χ0n) is 16.5. The van der Waals surface area contributed by atoms with Crippen LogP contribution in [0.5, 0.6) is 0 Å². The molecular formula is C28H20O. The van der Waals surface area contributed by atoms with E-state index < -0.39 is 0 Å². The summed E-state index contributed by atoms with van der Waals surface area (Å²) in [6.45, 7) is 4.69. The van der Waals surface area contributed by atoms with Crippen LogP contribution in [0.15, 0.2) is 77.2 Å². The lowest BCUT2D eigenvalue weighted by Crippen LogP contribution is -2.15. The van der Waals surface area contributed by atoms with Gasteiger partial charge in [0.05, 0.1) is 0 Å². The number of rotatable bonds is 0. The van der Waals surface area contributed by atoms with Crippen LogP contribution in [0.25, 0.3) is 44.2 Å². The Morgan fingerprint density at radius 3 is 2.45 bits per heavy atom. The number of fused-ring (bicyclic) bond motifs is 10. The van der Waals surface area contributed by atoms with Crippen molar-refractivity contribution in [3.05, 3.63) is 95.1 Å². The van der Waals surface area contributed by atoms with E-state index >= 15 is 0 Å². The maximum atomic E-state index is 6.42. The van der Waals surface area contributed by atoms with Crippen LogP contribution in [0.1, 0.15) is 36.1 Å².